The molecule has 0 bridgehead atoms. The first-order chi connectivity index (χ1) is 11.7. The summed E-state index contributed by atoms with van der Waals surface area (Å²) in [6.07, 6.45) is 3.64. The molecule has 0 saturated carbocycles. The number of nitrogens with zero attached hydrogens (tertiary/aromatic N) is 2. The van der Waals surface area contributed by atoms with Crippen LogP contribution in [0.4, 0.5) is 10.8 Å². The number of aromatic nitrogens is 2. The van der Waals surface area contributed by atoms with Gasteiger partial charge in [-0.25, -0.2) is 4.98 Å². The molecule has 3 aromatic rings. The van der Waals surface area contributed by atoms with Crippen molar-refractivity contribution in [2.75, 3.05) is 5.32 Å². The highest BCUT2D eigenvalue weighted by atomic mass is 32.2. The number of anilines is 2. The Morgan fingerprint density at radius 2 is 2.17 bits per heavy atom. The Labute approximate surface area is 149 Å². The van der Waals surface area contributed by atoms with E-state index in [0.717, 1.165) is 32.7 Å². The van der Waals surface area contributed by atoms with Crippen LogP contribution in [0, 0.1) is 0 Å². The van der Waals surface area contributed by atoms with Gasteiger partial charge in [-0.2, -0.15) is 0 Å². The number of benzene rings is 1. The van der Waals surface area contributed by atoms with Crippen LogP contribution in [0.1, 0.15) is 13.8 Å². The number of ether oxygens (including phenoxy) is 1. The molecule has 0 fully saturated rings. The summed E-state index contributed by atoms with van der Waals surface area (Å²) in [7, 11) is 0. The van der Waals surface area contributed by atoms with Crippen LogP contribution in [0.3, 0.4) is 0 Å². The summed E-state index contributed by atoms with van der Waals surface area (Å²) in [6.45, 7) is 4.00. The topological polar surface area (TPSA) is 73.1 Å². The first-order valence-electron chi connectivity index (χ1n) is 7.46. The summed E-state index contributed by atoms with van der Waals surface area (Å²) < 4.78 is 5.86. The van der Waals surface area contributed by atoms with E-state index in [-0.39, 0.29) is 6.10 Å². The summed E-state index contributed by atoms with van der Waals surface area (Å²) in [6, 6.07) is 9.72. The Morgan fingerprint density at radius 3 is 2.88 bits per heavy atom. The van der Waals surface area contributed by atoms with Gasteiger partial charge in [-0.05, 0) is 56.1 Å². The van der Waals surface area contributed by atoms with E-state index >= 15 is 0 Å². The third kappa shape index (κ3) is 4.05. The van der Waals surface area contributed by atoms with Crippen molar-refractivity contribution in [2.45, 2.75) is 24.8 Å². The van der Waals surface area contributed by atoms with E-state index in [0.29, 0.717) is 0 Å². The van der Waals surface area contributed by atoms with Gasteiger partial charge in [0.25, 0.3) is 0 Å². The van der Waals surface area contributed by atoms with Gasteiger partial charge in [0.05, 0.1) is 17.5 Å². The van der Waals surface area contributed by atoms with Crippen molar-refractivity contribution < 1.29 is 4.74 Å². The number of hydrogen-bond donors (Lipinski definition) is 2. The lowest BCUT2D eigenvalue weighted by molar-refractivity contribution is 0.243. The smallest absolute Gasteiger partial charge is 0.187 e. The maximum absolute atomic E-state index is 5.86. The van der Waals surface area contributed by atoms with Crippen LogP contribution < -0.4 is 15.2 Å². The van der Waals surface area contributed by atoms with Gasteiger partial charge in [-0.3, -0.25) is 10.1 Å². The number of rotatable bonds is 6. The van der Waals surface area contributed by atoms with Crippen LogP contribution in [-0.2, 0) is 0 Å². The van der Waals surface area contributed by atoms with Crippen LogP contribution in [0.2, 0.25) is 0 Å². The van der Waals surface area contributed by atoms with Gasteiger partial charge in [0.1, 0.15) is 5.75 Å². The Hall–Kier alpha value is -2.09. The van der Waals surface area contributed by atoms with Crippen molar-refractivity contribution >= 4 is 34.1 Å². The van der Waals surface area contributed by atoms with E-state index < -0.39 is 0 Å². The second-order valence-corrected chi connectivity index (χ2v) is 6.91. The molecule has 3 rings (SSSR count). The molecular weight excluding hydrogens is 340 g/mol. The first-order valence-corrected chi connectivity index (χ1v) is 9.22. The Bertz CT molecular complexity index is 805. The number of nitrogens with two attached hydrogens (primary N) is 1. The molecule has 0 spiro atoms. The van der Waals surface area contributed by atoms with Crippen molar-refractivity contribution in [2.24, 2.45) is 5.14 Å². The van der Waals surface area contributed by atoms with Crippen molar-refractivity contribution in [3.63, 3.8) is 0 Å². The molecule has 24 heavy (non-hydrogen) atoms. The molecule has 0 amide bonds. The summed E-state index contributed by atoms with van der Waals surface area (Å²) >= 11 is 2.74. The van der Waals surface area contributed by atoms with E-state index in [2.05, 4.69) is 15.3 Å². The predicted octanol–water partition coefficient (Wildman–Crippen LogP) is 4.70. The maximum atomic E-state index is 5.86. The molecule has 0 aliphatic carbocycles. The van der Waals surface area contributed by atoms with Crippen LogP contribution in [0.15, 0.2) is 53.0 Å². The van der Waals surface area contributed by atoms with Crippen molar-refractivity contribution in [3.05, 3.63) is 48.1 Å². The molecule has 0 atom stereocenters. The Kier molecular flexibility index (Phi) is 5.34. The summed E-state index contributed by atoms with van der Waals surface area (Å²) in [5.41, 5.74) is 2.74. The zero-order chi connectivity index (χ0) is 16.9. The fourth-order valence-electron chi connectivity index (χ4n) is 2.13. The molecule has 1 aromatic carbocycles. The molecule has 5 nitrogen and oxygen atoms in total. The molecule has 7 heteroatoms. The third-order valence-electron chi connectivity index (χ3n) is 3.15. The van der Waals surface area contributed by atoms with Gasteiger partial charge in [0.2, 0.25) is 0 Å². The van der Waals surface area contributed by atoms with Crippen molar-refractivity contribution in [1.29, 1.82) is 0 Å². The van der Waals surface area contributed by atoms with E-state index in [4.69, 9.17) is 9.88 Å². The van der Waals surface area contributed by atoms with Crippen LogP contribution in [0.5, 0.6) is 5.75 Å². The second kappa shape index (κ2) is 7.65. The fraction of sp³-hybridized carbons (Fsp3) is 0.176. The van der Waals surface area contributed by atoms with Crippen molar-refractivity contribution in [1.82, 2.24) is 9.97 Å². The average Bonchev–Trinajstić information content (AvgIpc) is 3.05. The predicted molar refractivity (Wildman–Crippen MR) is 101 cm³/mol. The molecule has 2 heterocycles. The van der Waals surface area contributed by atoms with Crippen LogP contribution >= 0.6 is 23.3 Å². The maximum Gasteiger partial charge on any atom is 0.187 e. The van der Waals surface area contributed by atoms with Gasteiger partial charge < -0.3 is 10.1 Å². The first kappa shape index (κ1) is 16.8. The lowest BCUT2D eigenvalue weighted by atomic mass is 10.2. The summed E-state index contributed by atoms with van der Waals surface area (Å²) in [4.78, 5) is 9.71. The normalized spacial score (nSPS) is 10.8. The quantitative estimate of drug-likeness (QED) is 0.622. The van der Waals surface area contributed by atoms with Gasteiger partial charge in [-0.1, -0.05) is 0 Å². The standard InChI is InChI=1S/C17H18N4OS2/c1-11(2)22-16-6-5-13(24-18)8-14(16)20-17-21-15(10-23-17)12-4-3-7-19-9-12/h3-11H,18H2,1-2H3,(H,20,21). The van der Waals surface area contributed by atoms with Crippen LogP contribution in [0.25, 0.3) is 11.3 Å². The lowest BCUT2D eigenvalue weighted by Crippen LogP contribution is -2.07. The largest absolute Gasteiger partial charge is 0.489 e. The van der Waals surface area contributed by atoms with Gasteiger partial charge >= 0.3 is 0 Å². The number of pyridine rings is 1. The van der Waals surface area contributed by atoms with Gasteiger partial charge in [0, 0.05) is 28.2 Å². The Morgan fingerprint density at radius 1 is 1.29 bits per heavy atom. The molecule has 0 saturated heterocycles. The average molecular weight is 358 g/mol. The fourth-order valence-corrected chi connectivity index (χ4v) is 3.19. The highest BCUT2D eigenvalue weighted by Gasteiger charge is 2.10. The highest BCUT2D eigenvalue weighted by molar-refractivity contribution is 7.97. The highest BCUT2D eigenvalue weighted by Crippen LogP contribution is 2.34. The lowest BCUT2D eigenvalue weighted by Gasteiger charge is -2.15. The summed E-state index contributed by atoms with van der Waals surface area (Å²) in [5, 5.41) is 11.8. The Balaban J connectivity index is 1.86. The molecule has 0 aliphatic rings. The molecule has 2 aromatic heterocycles. The van der Waals surface area contributed by atoms with Crippen molar-refractivity contribution in [3.8, 4) is 17.0 Å². The minimum Gasteiger partial charge on any atom is -0.489 e. The summed E-state index contributed by atoms with van der Waals surface area (Å²) in [5.74, 6) is 0.779. The monoisotopic (exact) mass is 358 g/mol. The molecule has 0 unspecified atom stereocenters. The minimum absolute atomic E-state index is 0.0872. The van der Waals surface area contributed by atoms with E-state index in [9.17, 15) is 0 Å². The minimum atomic E-state index is 0.0872. The molecule has 3 N–H and O–H groups in total. The number of nitrogens with one attached hydrogen (secondary N) is 1. The molecular formula is C17H18N4OS2. The number of thiazole rings is 1. The van der Waals surface area contributed by atoms with Gasteiger partial charge in [0.15, 0.2) is 5.13 Å². The SMILES string of the molecule is CC(C)Oc1ccc(SN)cc1Nc1nc(-c2cccnc2)cs1. The number of hydrogen-bond acceptors (Lipinski definition) is 7. The van der Waals surface area contributed by atoms with Crippen LogP contribution in [-0.4, -0.2) is 16.1 Å². The van der Waals surface area contributed by atoms with E-state index in [1.807, 2.05) is 49.6 Å². The zero-order valence-corrected chi connectivity index (χ0v) is 15.0. The zero-order valence-electron chi connectivity index (χ0n) is 13.4. The third-order valence-corrected chi connectivity index (χ3v) is 4.44. The van der Waals surface area contributed by atoms with Gasteiger partial charge in [-0.15, -0.1) is 11.3 Å². The van der Waals surface area contributed by atoms with E-state index in [1.165, 1.54) is 23.3 Å². The molecule has 0 radical (unpaired) electrons. The molecule has 0 aliphatic heterocycles. The molecule has 124 valence electrons. The van der Waals surface area contributed by atoms with E-state index in [1.54, 1.807) is 12.4 Å². The second-order valence-electron chi connectivity index (χ2n) is 5.35.